The molecule has 150 valence electrons. The minimum absolute atomic E-state index is 0.0150. The third-order valence-electron chi connectivity index (χ3n) is 4.35. The first-order valence-electron chi connectivity index (χ1n) is 8.73. The molecule has 0 radical (unpaired) electrons. The number of thiocarbonyl (C=S) groups is 1. The van der Waals surface area contributed by atoms with Crippen molar-refractivity contribution in [3.05, 3.63) is 81.4 Å². The molecule has 6 nitrogen and oxygen atoms in total. The number of hydrogen-bond acceptors (Lipinski definition) is 7. The number of thioether (sulfide) groups is 2. The summed E-state index contributed by atoms with van der Waals surface area (Å²) >= 11 is 8.22. The average Bonchev–Trinajstić information content (AvgIpc) is 3.32. The number of nitrogens with zero attached hydrogens (tertiary/aromatic N) is 2. The highest BCUT2D eigenvalue weighted by atomic mass is 32.2. The molecule has 4 rings (SSSR count). The van der Waals surface area contributed by atoms with E-state index in [9.17, 15) is 14.9 Å². The fourth-order valence-corrected chi connectivity index (χ4v) is 4.66. The number of nitro groups is 1. The van der Waals surface area contributed by atoms with E-state index in [1.165, 1.54) is 28.8 Å². The largest absolute Gasteiger partial charge is 0.457 e. The number of carbonyl (C=O) groups excluding carboxylic acids is 1. The predicted octanol–water partition coefficient (Wildman–Crippen LogP) is 5.98. The van der Waals surface area contributed by atoms with Crippen LogP contribution in [0.25, 0.3) is 17.4 Å². The molecule has 3 aromatic rings. The van der Waals surface area contributed by atoms with Gasteiger partial charge in [-0.05, 0) is 36.6 Å². The molecule has 0 N–H and O–H groups in total. The van der Waals surface area contributed by atoms with E-state index >= 15 is 0 Å². The molecule has 0 saturated carbocycles. The minimum atomic E-state index is -0.454. The first-order valence-corrected chi connectivity index (χ1v) is 11.2. The van der Waals surface area contributed by atoms with Gasteiger partial charge in [-0.15, -0.1) is 11.8 Å². The maximum absolute atomic E-state index is 12.9. The Balaban J connectivity index is 1.60. The number of furan rings is 1. The Hall–Kier alpha value is -2.88. The molecule has 9 heteroatoms. The fourth-order valence-electron chi connectivity index (χ4n) is 2.93. The van der Waals surface area contributed by atoms with E-state index in [0.29, 0.717) is 26.3 Å². The third kappa shape index (κ3) is 4.04. The average molecular weight is 455 g/mol. The van der Waals surface area contributed by atoms with Crippen LogP contribution in [-0.2, 0) is 4.79 Å². The Labute approximate surface area is 186 Å². The van der Waals surface area contributed by atoms with E-state index in [-0.39, 0.29) is 11.6 Å². The standard InChI is InChI=1S/C21H14N2O4S3/c1-29-17-7-3-5-14(11-17)22-20(24)19(30-21(22)28)12-16-8-9-18(27-16)13-4-2-6-15(10-13)23(25)26/h2-12H,1H3/b19-12+. The van der Waals surface area contributed by atoms with Gasteiger partial charge in [0.15, 0.2) is 4.32 Å². The maximum Gasteiger partial charge on any atom is 0.270 e. The molecule has 1 aromatic heterocycles. The van der Waals surface area contributed by atoms with Crippen molar-refractivity contribution in [1.82, 2.24) is 0 Å². The molecule has 2 aromatic carbocycles. The fraction of sp³-hybridized carbons (Fsp3) is 0.0476. The van der Waals surface area contributed by atoms with Crippen LogP contribution in [0, 0.1) is 10.1 Å². The summed E-state index contributed by atoms with van der Waals surface area (Å²) < 4.78 is 6.25. The topological polar surface area (TPSA) is 76.6 Å². The summed E-state index contributed by atoms with van der Waals surface area (Å²) in [5.41, 5.74) is 1.30. The van der Waals surface area contributed by atoms with Crippen LogP contribution in [0.5, 0.6) is 0 Å². The smallest absolute Gasteiger partial charge is 0.270 e. The molecule has 0 aliphatic carbocycles. The molecule has 2 heterocycles. The van der Waals surface area contributed by atoms with Gasteiger partial charge in [-0.1, -0.05) is 42.2 Å². The molecule has 1 saturated heterocycles. The van der Waals surface area contributed by atoms with E-state index in [4.69, 9.17) is 16.6 Å². The lowest BCUT2D eigenvalue weighted by molar-refractivity contribution is -0.384. The molecule has 1 fully saturated rings. The van der Waals surface area contributed by atoms with Crippen LogP contribution in [0.1, 0.15) is 5.76 Å². The van der Waals surface area contributed by atoms with Crippen molar-refractivity contribution in [2.45, 2.75) is 4.90 Å². The summed E-state index contributed by atoms with van der Waals surface area (Å²) in [5, 5.41) is 11.0. The molecule has 1 aliphatic heterocycles. The van der Waals surface area contributed by atoms with Gasteiger partial charge in [-0.3, -0.25) is 19.8 Å². The van der Waals surface area contributed by atoms with Crippen molar-refractivity contribution in [2.24, 2.45) is 0 Å². The van der Waals surface area contributed by atoms with E-state index < -0.39 is 4.92 Å². The summed E-state index contributed by atoms with van der Waals surface area (Å²) in [6.07, 6.45) is 3.61. The lowest BCUT2D eigenvalue weighted by Crippen LogP contribution is -2.27. The van der Waals surface area contributed by atoms with Crippen molar-refractivity contribution in [2.75, 3.05) is 11.2 Å². The Bertz CT molecular complexity index is 1200. The van der Waals surface area contributed by atoms with Crippen LogP contribution in [0.2, 0.25) is 0 Å². The molecular weight excluding hydrogens is 440 g/mol. The predicted molar refractivity (Wildman–Crippen MR) is 125 cm³/mol. The second-order valence-corrected chi connectivity index (χ2v) is 8.78. The van der Waals surface area contributed by atoms with E-state index in [1.54, 1.807) is 42.1 Å². The number of amides is 1. The Morgan fingerprint density at radius 1 is 1.17 bits per heavy atom. The number of carbonyl (C=O) groups is 1. The lowest BCUT2D eigenvalue weighted by Gasteiger charge is -2.15. The Kier molecular flexibility index (Phi) is 5.76. The molecular formula is C21H14N2O4S3. The highest BCUT2D eigenvalue weighted by Crippen LogP contribution is 2.37. The van der Waals surface area contributed by atoms with Gasteiger partial charge in [0.1, 0.15) is 11.5 Å². The van der Waals surface area contributed by atoms with Crippen molar-refractivity contribution in [1.29, 1.82) is 0 Å². The molecule has 1 amide bonds. The molecule has 0 spiro atoms. The van der Waals surface area contributed by atoms with Gasteiger partial charge in [0.2, 0.25) is 0 Å². The zero-order chi connectivity index (χ0) is 21.3. The monoisotopic (exact) mass is 454 g/mol. The van der Waals surface area contributed by atoms with Crippen LogP contribution in [0.3, 0.4) is 0 Å². The van der Waals surface area contributed by atoms with Crippen molar-refractivity contribution in [3.63, 3.8) is 0 Å². The summed E-state index contributed by atoms with van der Waals surface area (Å²) in [7, 11) is 0. The summed E-state index contributed by atoms with van der Waals surface area (Å²) in [4.78, 5) is 26.5. The van der Waals surface area contributed by atoms with Crippen LogP contribution in [0.15, 0.2) is 74.9 Å². The maximum atomic E-state index is 12.9. The van der Waals surface area contributed by atoms with E-state index in [2.05, 4.69) is 0 Å². The van der Waals surface area contributed by atoms with Crippen LogP contribution in [-0.4, -0.2) is 21.4 Å². The van der Waals surface area contributed by atoms with Crippen LogP contribution >= 0.6 is 35.7 Å². The number of benzene rings is 2. The first kappa shape index (κ1) is 20.4. The molecule has 0 atom stereocenters. The number of rotatable bonds is 5. The summed E-state index contributed by atoms with van der Waals surface area (Å²) in [5.74, 6) is 0.736. The highest BCUT2D eigenvalue weighted by Gasteiger charge is 2.33. The number of hydrogen-bond donors (Lipinski definition) is 0. The van der Waals surface area contributed by atoms with Crippen LogP contribution in [0.4, 0.5) is 11.4 Å². The lowest BCUT2D eigenvalue weighted by atomic mass is 10.1. The normalized spacial score (nSPS) is 15.2. The minimum Gasteiger partial charge on any atom is -0.457 e. The first-order chi connectivity index (χ1) is 14.5. The molecule has 0 unspecified atom stereocenters. The van der Waals surface area contributed by atoms with E-state index in [0.717, 1.165) is 10.6 Å². The summed E-state index contributed by atoms with van der Waals surface area (Å²) in [6, 6.07) is 17.3. The third-order valence-corrected chi connectivity index (χ3v) is 6.37. The van der Waals surface area contributed by atoms with Crippen molar-refractivity contribution < 1.29 is 14.1 Å². The van der Waals surface area contributed by atoms with Gasteiger partial charge in [0.05, 0.1) is 15.5 Å². The zero-order valence-electron chi connectivity index (χ0n) is 15.6. The van der Waals surface area contributed by atoms with Gasteiger partial charge >= 0.3 is 0 Å². The van der Waals surface area contributed by atoms with Gasteiger partial charge in [0.25, 0.3) is 11.6 Å². The summed E-state index contributed by atoms with van der Waals surface area (Å²) in [6.45, 7) is 0. The van der Waals surface area contributed by atoms with Gasteiger partial charge in [-0.2, -0.15) is 0 Å². The molecule has 30 heavy (non-hydrogen) atoms. The number of non-ortho nitro benzene ring substituents is 1. The van der Waals surface area contributed by atoms with Crippen molar-refractivity contribution >= 4 is 63.4 Å². The zero-order valence-corrected chi connectivity index (χ0v) is 18.1. The Morgan fingerprint density at radius 2 is 1.97 bits per heavy atom. The van der Waals surface area contributed by atoms with Gasteiger partial charge in [-0.25, -0.2) is 0 Å². The van der Waals surface area contributed by atoms with Gasteiger partial charge in [0, 0.05) is 28.7 Å². The number of nitro benzene ring substituents is 1. The van der Waals surface area contributed by atoms with E-state index in [1.807, 2.05) is 30.5 Å². The van der Waals surface area contributed by atoms with Gasteiger partial charge < -0.3 is 4.42 Å². The quantitative estimate of drug-likeness (QED) is 0.154. The number of anilines is 1. The highest BCUT2D eigenvalue weighted by molar-refractivity contribution is 8.27. The van der Waals surface area contributed by atoms with Crippen molar-refractivity contribution in [3.8, 4) is 11.3 Å². The van der Waals surface area contributed by atoms with Crippen LogP contribution < -0.4 is 4.90 Å². The molecule has 0 bridgehead atoms. The SMILES string of the molecule is CSc1cccc(N2C(=O)/C(=C\c3ccc(-c4cccc([N+](=O)[O-])c4)o3)SC2=S)c1. The second-order valence-electron chi connectivity index (χ2n) is 6.23. The Morgan fingerprint density at radius 3 is 2.73 bits per heavy atom. The molecule has 1 aliphatic rings. The second kappa shape index (κ2) is 8.47.